The fourth-order valence-corrected chi connectivity index (χ4v) is 4.51. The van der Waals surface area contributed by atoms with Gasteiger partial charge in [-0.25, -0.2) is 13.2 Å². The number of esters is 1. The molecule has 0 amide bonds. The highest BCUT2D eigenvalue weighted by atomic mass is 32.2. The van der Waals surface area contributed by atoms with Gasteiger partial charge in [-0.1, -0.05) is 41.6 Å². The largest absolute Gasteiger partial charge is 0.465 e. The van der Waals surface area contributed by atoms with Crippen LogP contribution >= 0.6 is 11.8 Å². The summed E-state index contributed by atoms with van der Waals surface area (Å²) < 4.78 is 32.8. The van der Waals surface area contributed by atoms with E-state index in [0.717, 1.165) is 15.4 Å². The van der Waals surface area contributed by atoms with Crippen molar-refractivity contribution >= 4 is 33.4 Å². The van der Waals surface area contributed by atoms with Crippen molar-refractivity contribution in [1.82, 2.24) is 0 Å². The number of benzene rings is 3. The highest BCUT2D eigenvalue weighted by molar-refractivity contribution is 7.99. The summed E-state index contributed by atoms with van der Waals surface area (Å²) >= 11 is 1.40. The van der Waals surface area contributed by atoms with E-state index in [1.807, 2.05) is 19.1 Å². The third-order valence-electron chi connectivity index (χ3n) is 3.97. The summed E-state index contributed by atoms with van der Waals surface area (Å²) in [4.78, 5) is 13.4. The molecule has 5 nitrogen and oxygen atoms in total. The van der Waals surface area contributed by atoms with E-state index in [9.17, 15) is 13.2 Å². The van der Waals surface area contributed by atoms with Crippen LogP contribution < -0.4 is 4.72 Å². The van der Waals surface area contributed by atoms with Gasteiger partial charge in [-0.05, 0) is 55.5 Å². The lowest BCUT2D eigenvalue weighted by molar-refractivity contribution is 0.0600. The number of sulfonamides is 1. The second-order valence-corrected chi connectivity index (χ2v) is 8.83. The van der Waals surface area contributed by atoms with Crippen LogP contribution in [-0.2, 0) is 14.8 Å². The predicted molar refractivity (Wildman–Crippen MR) is 110 cm³/mol. The van der Waals surface area contributed by atoms with E-state index in [1.54, 1.807) is 60.7 Å². The molecule has 0 heterocycles. The normalized spacial score (nSPS) is 11.1. The maximum atomic E-state index is 12.7. The Hall–Kier alpha value is -2.77. The van der Waals surface area contributed by atoms with E-state index >= 15 is 0 Å². The van der Waals surface area contributed by atoms with Gasteiger partial charge in [-0.15, -0.1) is 0 Å². The first-order chi connectivity index (χ1) is 13.4. The molecule has 0 aliphatic rings. The molecule has 0 saturated carbocycles. The maximum absolute atomic E-state index is 12.7. The number of hydrogen-bond donors (Lipinski definition) is 1. The first kappa shape index (κ1) is 20.0. The van der Waals surface area contributed by atoms with Crippen LogP contribution in [0, 0.1) is 6.92 Å². The summed E-state index contributed by atoms with van der Waals surface area (Å²) in [6.07, 6.45) is 0. The monoisotopic (exact) mass is 413 g/mol. The van der Waals surface area contributed by atoms with Gasteiger partial charge >= 0.3 is 5.97 Å². The molecule has 0 aromatic heterocycles. The maximum Gasteiger partial charge on any atom is 0.337 e. The van der Waals surface area contributed by atoms with Crippen molar-refractivity contribution in [2.45, 2.75) is 21.6 Å². The Bertz CT molecular complexity index is 1080. The molecule has 0 aliphatic carbocycles. The SMILES string of the molecule is COC(=O)c1ccc(Sc2ccccc2NS(=O)(=O)c2ccc(C)cc2)cc1. The molecule has 0 radical (unpaired) electrons. The van der Waals surface area contributed by atoms with Gasteiger partial charge in [-0.3, -0.25) is 4.72 Å². The lowest BCUT2D eigenvalue weighted by Gasteiger charge is -2.12. The van der Waals surface area contributed by atoms with Crippen molar-refractivity contribution in [2.75, 3.05) is 11.8 Å². The van der Waals surface area contributed by atoms with E-state index in [1.165, 1.54) is 18.9 Å². The van der Waals surface area contributed by atoms with Gasteiger partial charge in [-0.2, -0.15) is 0 Å². The van der Waals surface area contributed by atoms with Crippen molar-refractivity contribution < 1.29 is 17.9 Å². The Kier molecular flexibility index (Phi) is 6.06. The number of aryl methyl sites for hydroxylation is 1. The molecule has 28 heavy (non-hydrogen) atoms. The van der Waals surface area contributed by atoms with E-state index in [0.29, 0.717) is 11.3 Å². The summed E-state index contributed by atoms with van der Waals surface area (Å²) in [6, 6.07) is 20.8. The Morgan fingerprint density at radius 2 is 1.57 bits per heavy atom. The number of anilines is 1. The molecule has 0 unspecified atom stereocenters. The van der Waals surface area contributed by atoms with Gasteiger partial charge in [0.15, 0.2) is 0 Å². The summed E-state index contributed by atoms with van der Waals surface area (Å²) in [7, 11) is -2.36. The van der Waals surface area contributed by atoms with Gasteiger partial charge in [0.25, 0.3) is 10.0 Å². The van der Waals surface area contributed by atoms with Gasteiger partial charge in [0.05, 0.1) is 23.3 Å². The molecule has 7 heteroatoms. The first-order valence-corrected chi connectivity index (χ1v) is 10.7. The summed E-state index contributed by atoms with van der Waals surface area (Å²) in [5.41, 5.74) is 1.94. The number of nitrogens with one attached hydrogen (secondary N) is 1. The van der Waals surface area contributed by atoms with Gasteiger partial charge in [0, 0.05) is 9.79 Å². The average Bonchev–Trinajstić information content (AvgIpc) is 2.69. The van der Waals surface area contributed by atoms with Crippen LogP contribution in [0.1, 0.15) is 15.9 Å². The van der Waals surface area contributed by atoms with Crippen molar-refractivity contribution in [3.05, 3.63) is 83.9 Å². The summed E-state index contributed by atoms with van der Waals surface area (Å²) in [5.74, 6) is -0.400. The molecule has 0 saturated heterocycles. The van der Waals surface area contributed by atoms with Crippen LogP contribution in [0.15, 0.2) is 87.5 Å². The first-order valence-electron chi connectivity index (χ1n) is 8.44. The number of hydrogen-bond acceptors (Lipinski definition) is 5. The lowest BCUT2D eigenvalue weighted by atomic mass is 10.2. The zero-order valence-corrected chi connectivity index (χ0v) is 17.0. The minimum absolute atomic E-state index is 0.209. The lowest BCUT2D eigenvalue weighted by Crippen LogP contribution is -2.13. The smallest absolute Gasteiger partial charge is 0.337 e. The minimum Gasteiger partial charge on any atom is -0.465 e. The van der Waals surface area contributed by atoms with E-state index in [4.69, 9.17) is 4.74 Å². The Labute approximate surface area is 168 Å². The Morgan fingerprint density at radius 3 is 2.21 bits per heavy atom. The third-order valence-corrected chi connectivity index (χ3v) is 6.43. The van der Waals surface area contributed by atoms with Crippen molar-refractivity contribution in [2.24, 2.45) is 0 Å². The molecule has 0 spiro atoms. The van der Waals surface area contributed by atoms with Crippen LogP contribution in [0.2, 0.25) is 0 Å². The van der Waals surface area contributed by atoms with Gasteiger partial charge in [0.1, 0.15) is 0 Å². The number of para-hydroxylation sites is 1. The molecule has 1 N–H and O–H groups in total. The highest BCUT2D eigenvalue weighted by Gasteiger charge is 2.16. The highest BCUT2D eigenvalue weighted by Crippen LogP contribution is 2.34. The van der Waals surface area contributed by atoms with Crippen LogP contribution in [0.3, 0.4) is 0 Å². The molecule has 0 atom stereocenters. The number of methoxy groups -OCH3 is 1. The standard InChI is InChI=1S/C21H19NO4S2/c1-15-7-13-18(14-8-15)28(24,25)22-19-5-3-4-6-20(19)27-17-11-9-16(10-12-17)21(23)26-2/h3-14,22H,1-2H3. The Morgan fingerprint density at radius 1 is 0.929 bits per heavy atom. The van der Waals surface area contributed by atoms with Crippen molar-refractivity contribution in [1.29, 1.82) is 0 Å². The second-order valence-electron chi connectivity index (χ2n) is 6.03. The topological polar surface area (TPSA) is 72.5 Å². The summed E-state index contributed by atoms with van der Waals surface area (Å²) in [5, 5.41) is 0. The zero-order valence-electron chi connectivity index (χ0n) is 15.4. The van der Waals surface area contributed by atoms with Crippen LogP contribution in [-0.4, -0.2) is 21.5 Å². The number of rotatable bonds is 6. The van der Waals surface area contributed by atoms with Crippen LogP contribution in [0.4, 0.5) is 5.69 Å². The minimum atomic E-state index is -3.69. The van der Waals surface area contributed by atoms with Gasteiger partial charge < -0.3 is 4.74 Å². The third kappa shape index (κ3) is 4.74. The van der Waals surface area contributed by atoms with E-state index < -0.39 is 16.0 Å². The molecule has 0 fully saturated rings. The van der Waals surface area contributed by atoms with Crippen molar-refractivity contribution in [3.8, 4) is 0 Å². The molecule has 3 aromatic rings. The predicted octanol–water partition coefficient (Wildman–Crippen LogP) is 4.73. The van der Waals surface area contributed by atoms with E-state index in [2.05, 4.69) is 4.72 Å². The molecule has 0 aliphatic heterocycles. The average molecular weight is 414 g/mol. The second kappa shape index (κ2) is 8.50. The number of carbonyl (C=O) groups is 1. The summed E-state index contributed by atoms with van der Waals surface area (Å²) in [6.45, 7) is 1.90. The fourth-order valence-electron chi connectivity index (χ4n) is 2.46. The zero-order chi connectivity index (χ0) is 20.1. The van der Waals surface area contributed by atoms with Crippen LogP contribution in [0.25, 0.3) is 0 Å². The Balaban J connectivity index is 1.83. The van der Waals surface area contributed by atoms with E-state index in [-0.39, 0.29) is 4.90 Å². The fraction of sp³-hybridized carbons (Fsp3) is 0.0952. The number of ether oxygens (including phenoxy) is 1. The molecule has 144 valence electrons. The molecule has 3 rings (SSSR count). The van der Waals surface area contributed by atoms with Gasteiger partial charge in [0.2, 0.25) is 0 Å². The quantitative estimate of drug-likeness (QED) is 0.591. The molecule has 3 aromatic carbocycles. The molecule has 0 bridgehead atoms. The number of carbonyl (C=O) groups excluding carboxylic acids is 1. The van der Waals surface area contributed by atoms with Crippen molar-refractivity contribution in [3.63, 3.8) is 0 Å². The molecular formula is C21H19NO4S2. The molecular weight excluding hydrogens is 394 g/mol. The van der Waals surface area contributed by atoms with Crippen LogP contribution in [0.5, 0.6) is 0 Å².